The molecule has 1 aromatic heterocycles. The molecule has 2 rings (SSSR count). The maximum absolute atomic E-state index is 11.9. The van der Waals surface area contributed by atoms with Gasteiger partial charge >= 0.3 is 5.97 Å². The molecule has 0 radical (unpaired) electrons. The van der Waals surface area contributed by atoms with E-state index >= 15 is 0 Å². The summed E-state index contributed by atoms with van der Waals surface area (Å²) in [5, 5.41) is 4.41. The van der Waals surface area contributed by atoms with E-state index in [-0.39, 0.29) is 17.3 Å². The molecule has 0 aliphatic heterocycles. The molecule has 0 aliphatic carbocycles. The highest BCUT2D eigenvalue weighted by molar-refractivity contribution is 7.08. The largest absolute Gasteiger partial charge is 0.503 e. The Balaban J connectivity index is 2.14. The maximum atomic E-state index is 11.9. The van der Waals surface area contributed by atoms with Gasteiger partial charge in [0.05, 0.1) is 36.6 Å². The first-order chi connectivity index (χ1) is 12.1. The summed E-state index contributed by atoms with van der Waals surface area (Å²) in [5.41, 5.74) is 1.65. The number of ether oxygens (including phenoxy) is 2. The number of halogens is 2. The molecule has 0 amide bonds. The van der Waals surface area contributed by atoms with Crippen LogP contribution in [-0.4, -0.2) is 30.8 Å². The molecule has 2 aromatic rings. The number of nitrogens with zero attached hydrogens (tertiary/aromatic N) is 2. The number of carbonyl (C=O) groups excluding carboxylic acids is 1. The second-order valence-electron chi connectivity index (χ2n) is 4.58. The predicted octanol–water partition coefficient (Wildman–Crippen LogP) is 4.16. The minimum absolute atomic E-state index is 0.134. The Kier molecular flexibility index (Phi) is 7.24. The Morgan fingerprint density at radius 3 is 2.72 bits per heavy atom. The molecule has 9 heteroatoms. The lowest BCUT2D eigenvalue weighted by molar-refractivity contribution is -0.133. The van der Waals surface area contributed by atoms with Crippen LogP contribution in [0.1, 0.15) is 16.0 Å². The Hall–Kier alpha value is -2.09. The lowest BCUT2D eigenvalue weighted by Gasteiger charge is -2.10. The predicted molar refractivity (Wildman–Crippen MR) is 98.0 cm³/mol. The molecule has 0 bridgehead atoms. The van der Waals surface area contributed by atoms with Crippen LogP contribution in [-0.2, 0) is 25.7 Å². The number of hydrogen-bond acceptors (Lipinski definition) is 7. The molecule has 0 N–H and O–H groups in total. The zero-order valence-corrected chi connectivity index (χ0v) is 15.7. The number of carbonyl (C=O) groups is 1. The first-order valence-electron chi connectivity index (χ1n) is 6.94. The van der Waals surface area contributed by atoms with Gasteiger partial charge in [0, 0.05) is 5.56 Å². The van der Waals surface area contributed by atoms with Gasteiger partial charge in [0.1, 0.15) is 12.2 Å². The van der Waals surface area contributed by atoms with E-state index in [9.17, 15) is 4.79 Å². The van der Waals surface area contributed by atoms with Crippen LogP contribution in [0.4, 0.5) is 0 Å². The molecular weight excluding hydrogens is 387 g/mol. The summed E-state index contributed by atoms with van der Waals surface area (Å²) in [6, 6.07) is 7.21. The van der Waals surface area contributed by atoms with Crippen LogP contribution in [0, 0.1) is 0 Å². The van der Waals surface area contributed by atoms with Gasteiger partial charge in [-0.3, -0.25) is 0 Å². The van der Waals surface area contributed by atoms with Gasteiger partial charge in [0.15, 0.2) is 5.15 Å². The van der Waals surface area contributed by atoms with Crippen molar-refractivity contribution in [3.05, 3.63) is 56.7 Å². The molecule has 0 saturated carbocycles. The summed E-state index contributed by atoms with van der Waals surface area (Å²) >= 11 is 12.8. The molecule has 0 aliphatic rings. The minimum Gasteiger partial charge on any atom is -0.503 e. The van der Waals surface area contributed by atoms with E-state index in [1.54, 1.807) is 12.1 Å². The molecule has 132 valence electrons. The Bertz CT molecular complexity index is 805. The van der Waals surface area contributed by atoms with Crippen LogP contribution in [0.5, 0.6) is 0 Å². The van der Waals surface area contributed by atoms with Gasteiger partial charge in [-0.05, 0) is 17.1 Å². The van der Waals surface area contributed by atoms with E-state index < -0.39 is 5.97 Å². The SMILES string of the molecule is CO/C=C(/C(=O)OC)c1ccccc1CO/N=C/c1snc(Cl)c1Cl. The van der Waals surface area contributed by atoms with Crippen LogP contribution < -0.4 is 0 Å². The second-order valence-corrected chi connectivity index (χ2v) is 6.12. The van der Waals surface area contributed by atoms with E-state index in [2.05, 4.69) is 9.53 Å². The molecule has 25 heavy (non-hydrogen) atoms. The number of hydrogen-bond donors (Lipinski definition) is 0. The highest BCUT2D eigenvalue weighted by Gasteiger charge is 2.16. The highest BCUT2D eigenvalue weighted by atomic mass is 35.5. The van der Waals surface area contributed by atoms with E-state index in [0.717, 1.165) is 17.1 Å². The normalized spacial score (nSPS) is 11.6. The van der Waals surface area contributed by atoms with E-state index in [1.807, 2.05) is 12.1 Å². The van der Waals surface area contributed by atoms with Crippen LogP contribution in [0.15, 0.2) is 35.7 Å². The van der Waals surface area contributed by atoms with Gasteiger partial charge in [-0.1, -0.05) is 52.6 Å². The van der Waals surface area contributed by atoms with Gasteiger partial charge in [-0.2, -0.15) is 4.37 Å². The van der Waals surface area contributed by atoms with Crippen molar-refractivity contribution in [1.29, 1.82) is 0 Å². The topological polar surface area (TPSA) is 70.0 Å². The summed E-state index contributed by atoms with van der Waals surface area (Å²) in [6.07, 6.45) is 2.76. The second kappa shape index (κ2) is 9.41. The Labute approximate surface area is 158 Å². The highest BCUT2D eigenvalue weighted by Crippen LogP contribution is 2.27. The number of esters is 1. The summed E-state index contributed by atoms with van der Waals surface area (Å²) < 4.78 is 13.6. The average Bonchev–Trinajstić information content (AvgIpc) is 2.95. The fraction of sp³-hybridized carbons (Fsp3) is 0.188. The van der Waals surface area contributed by atoms with Crippen molar-refractivity contribution in [2.24, 2.45) is 5.16 Å². The molecule has 0 fully saturated rings. The van der Waals surface area contributed by atoms with Gasteiger partial charge in [-0.15, -0.1) is 0 Å². The smallest absolute Gasteiger partial charge is 0.341 e. The molecule has 0 atom stereocenters. The molecule has 0 saturated heterocycles. The summed E-state index contributed by atoms with van der Waals surface area (Å²) in [6.45, 7) is 0.134. The lowest BCUT2D eigenvalue weighted by Crippen LogP contribution is -2.07. The van der Waals surface area contributed by atoms with E-state index in [1.165, 1.54) is 26.7 Å². The molecule has 6 nitrogen and oxygen atoms in total. The quantitative estimate of drug-likeness (QED) is 0.229. The van der Waals surface area contributed by atoms with E-state index in [4.69, 9.17) is 37.5 Å². The van der Waals surface area contributed by atoms with Crippen molar-refractivity contribution in [3.63, 3.8) is 0 Å². The molecular formula is C16H14Cl2N2O4S. The number of benzene rings is 1. The third-order valence-corrected chi connectivity index (χ3v) is 4.78. The molecule has 0 unspecified atom stereocenters. The molecule has 1 heterocycles. The van der Waals surface area contributed by atoms with Crippen molar-refractivity contribution < 1.29 is 19.1 Å². The molecule has 1 aromatic carbocycles. The van der Waals surface area contributed by atoms with Crippen molar-refractivity contribution in [2.75, 3.05) is 14.2 Å². The number of oxime groups is 1. The van der Waals surface area contributed by atoms with Crippen molar-refractivity contribution >= 4 is 52.5 Å². The van der Waals surface area contributed by atoms with Crippen LogP contribution in [0.2, 0.25) is 10.2 Å². The van der Waals surface area contributed by atoms with Crippen LogP contribution in [0.25, 0.3) is 5.57 Å². The van der Waals surface area contributed by atoms with Crippen molar-refractivity contribution in [2.45, 2.75) is 6.61 Å². The number of aromatic nitrogens is 1. The van der Waals surface area contributed by atoms with Gasteiger partial charge < -0.3 is 14.3 Å². The Morgan fingerprint density at radius 2 is 2.08 bits per heavy atom. The average molecular weight is 401 g/mol. The fourth-order valence-corrected chi connectivity index (χ4v) is 2.94. The lowest BCUT2D eigenvalue weighted by atomic mass is 10.0. The minimum atomic E-state index is -0.510. The van der Waals surface area contributed by atoms with Gasteiger partial charge in [-0.25, -0.2) is 4.79 Å². The Morgan fingerprint density at radius 1 is 1.32 bits per heavy atom. The van der Waals surface area contributed by atoms with Crippen LogP contribution >= 0.6 is 34.7 Å². The zero-order valence-electron chi connectivity index (χ0n) is 13.4. The fourth-order valence-electron chi connectivity index (χ4n) is 1.90. The van der Waals surface area contributed by atoms with Crippen molar-refractivity contribution in [3.8, 4) is 0 Å². The summed E-state index contributed by atoms with van der Waals surface area (Å²) in [4.78, 5) is 17.8. The number of methoxy groups -OCH3 is 2. The van der Waals surface area contributed by atoms with Gasteiger partial charge in [0.25, 0.3) is 0 Å². The van der Waals surface area contributed by atoms with Gasteiger partial charge in [0.2, 0.25) is 0 Å². The van der Waals surface area contributed by atoms with Crippen molar-refractivity contribution in [1.82, 2.24) is 4.37 Å². The summed E-state index contributed by atoms with van der Waals surface area (Å²) in [5.74, 6) is -0.510. The standard InChI is InChI=1S/C16H14Cl2N2O4S/c1-22-9-12(16(21)23-2)11-6-4-3-5-10(11)8-24-19-7-13-14(17)15(18)20-25-13/h3-7,9H,8H2,1-2H3/b12-9+,19-7+. The maximum Gasteiger partial charge on any atom is 0.341 e. The first-order valence-corrected chi connectivity index (χ1v) is 8.47. The summed E-state index contributed by atoms with van der Waals surface area (Å²) in [7, 11) is 2.76. The monoisotopic (exact) mass is 400 g/mol. The third kappa shape index (κ3) is 4.94. The number of rotatable bonds is 7. The van der Waals surface area contributed by atoms with E-state index in [0.29, 0.717) is 15.5 Å². The first kappa shape index (κ1) is 19.2. The third-order valence-electron chi connectivity index (χ3n) is 3.03. The zero-order chi connectivity index (χ0) is 18.2. The van der Waals surface area contributed by atoms with Crippen LogP contribution in [0.3, 0.4) is 0 Å². The molecule has 0 spiro atoms.